The van der Waals surface area contributed by atoms with Crippen LogP contribution in [0.15, 0.2) is 12.2 Å². The van der Waals surface area contributed by atoms with Crippen LogP contribution in [0.4, 0.5) is 0 Å². The fourth-order valence-electron chi connectivity index (χ4n) is 1.29. The minimum Gasteiger partial charge on any atom is -0.462 e. The largest absolute Gasteiger partial charge is 0.462 e. The Balaban J connectivity index is 3.24. The fourth-order valence-corrected chi connectivity index (χ4v) is 1.29. The smallest absolute Gasteiger partial charge is 0.333 e. The first-order valence-corrected chi connectivity index (χ1v) is 6.07. The van der Waals surface area contributed by atoms with E-state index in [1.54, 1.807) is 0 Å². The van der Waals surface area contributed by atoms with Crippen LogP contribution in [0, 0.1) is 0 Å². The molecule has 2 nitrogen and oxygen atoms in total. The topological polar surface area (TPSA) is 26.3 Å². The highest BCUT2D eigenvalue weighted by Crippen LogP contribution is 2.06. The molecule has 0 aliphatic carbocycles. The van der Waals surface area contributed by atoms with Crippen LogP contribution in [-0.4, -0.2) is 12.6 Å². The van der Waals surface area contributed by atoms with Gasteiger partial charge in [0.05, 0.1) is 6.61 Å². The third-order valence-electron chi connectivity index (χ3n) is 2.45. The van der Waals surface area contributed by atoms with Crippen molar-refractivity contribution in [1.29, 1.82) is 0 Å². The Morgan fingerprint density at radius 1 is 1.07 bits per heavy atom. The number of hydrogen-bond acceptors (Lipinski definition) is 2. The summed E-state index contributed by atoms with van der Waals surface area (Å²) < 4.78 is 5.06. The number of carbonyl (C=O) groups excluding carboxylic acids is 1. The van der Waals surface area contributed by atoms with E-state index in [4.69, 9.17) is 4.74 Å². The second kappa shape index (κ2) is 9.75. The summed E-state index contributed by atoms with van der Waals surface area (Å²) in [5.41, 5.74) is 0.570. The molecule has 0 aromatic rings. The molecule has 0 aromatic heterocycles. The average molecular weight is 212 g/mol. The molecule has 0 saturated carbocycles. The zero-order valence-corrected chi connectivity index (χ0v) is 10.2. The molecule has 0 radical (unpaired) electrons. The van der Waals surface area contributed by atoms with Crippen molar-refractivity contribution in [3.8, 4) is 0 Å². The van der Waals surface area contributed by atoms with E-state index in [0.29, 0.717) is 18.6 Å². The van der Waals surface area contributed by atoms with Crippen molar-refractivity contribution >= 4 is 5.97 Å². The molecule has 0 atom stereocenters. The van der Waals surface area contributed by atoms with Gasteiger partial charge in [-0.2, -0.15) is 0 Å². The predicted molar refractivity (Wildman–Crippen MR) is 63.8 cm³/mol. The van der Waals surface area contributed by atoms with Crippen LogP contribution in [0.3, 0.4) is 0 Å². The van der Waals surface area contributed by atoms with E-state index in [9.17, 15) is 4.79 Å². The lowest BCUT2D eigenvalue weighted by atomic mass is 10.1. The van der Waals surface area contributed by atoms with Crippen LogP contribution in [0.2, 0.25) is 0 Å². The van der Waals surface area contributed by atoms with Gasteiger partial charge in [0.25, 0.3) is 0 Å². The zero-order valence-electron chi connectivity index (χ0n) is 10.2. The number of rotatable bonds is 9. The van der Waals surface area contributed by atoms with Gasteiger partial charge in [0.2, 0.25) is 0 Å². The molecule has 15 heavy (non-hydrogen) atoms. The Labute approximate surface area is 93.7 Å². The Bertz CT molecular complexity index is 185. The summed E-state index contributed by atoms with van der Waals surface area (Å²) in [7, 11) is 0. The molecule has 0 fully saturated rings. The van der Waals surface area contributed by atoms with Crippen molar-refractivity contribution in [2.75, 3.05) is 6.61 Å². The maximum absolute atomic E-state index is 11.2. The summed E-state index contributed by atoms with van der Waals surface area (Å²) >= 11 is 0. The number of ether oxygens (including phenoxy) is 1. The first-order valence-electron chi connectivity index (χ1n) is 6.07. The van der Waals surface area contributed by atoms with E-state index in [1.165, 1.54) is 25.7 Å². The van der Waals surface area contributed by atoms with Gasteiger partial charge in [-0.1, -0.05) is 52.5 Å². The molecule has 0 bridgehead atoms. The van der Waals surface area contributed by atoms with E-state index < -0.39 is 0 Å². The minimum absolute atomic E-state index is 0.231. The van der Waals surface area contributed by atoms with E-state index in [2.05, 4.69) is 13.5 Å². The standard InChI is InChI=1S/C13H24O2/c1-4-6-7-8-9-10-11-15-13(14)12(3)5-2/h3-11H2,1-2H3. The summed E-state index contributed by atoms with van der Waals surface area (Å²) in [6, 6.07) is 0. The SMILES string of the molecule is C=C(CC)C(=O)OCCCCCCCC. The van der Waals surface area contributed by atoms with Gasteiger partial charge in [-0.15, -0.1) is 0 Å². The third-order valence-corrected chi connectivity index (χ3v) is 2.45. The van der Waals surface area contributed by atoms with Gasteiger partial charge < -0.3 is 4.74 Å². The molecule has 88 valence electrons. The van der Waals surface area contributed by atoms with Gasteiger partial charge >= 0.3 is 5.97 Å². The number of hydrogen-bond donors (Lipinski definition) is 0. The third kappa shape index (κ3) is 8.22. The van der Waals surface area contributed by atoms with Crippen molar-refractivity contribution in [2.45, 2.75) is 58.8 Å². The van der Waals surface area contributed by atoms with Gasteiger partial charge in [-0.05, 0) is 12.8 Å². The molecule has 2 heteroatoms. The number of carbonyl (C=O) groups is 1. The van der Waals surface area contributed by atoms with E-state index in [0.717, 1.165) is 12.8 Å². The second-order valence-electron chi connectivity index (χ2n) is 3.86. The van der Waals surface area contributed by atoms with Gasteiger partial charge in [0.15, 0.2) is 0 Å². The number of unbranched alkanes of at least 4 members (excludes halogenated alkanes) is 5. The van der Waals surface area contributed by atoms with Crippen LogP contribution < -0.4 is 0 Å². The summed E-state index contributed by atoms with van der Waals surface area (Å²) in [5.74, 6) is -0.231. The van der Waals surface area contributed by atoms with Gasteiger partial charge in [0, 0.05) is 5.57 Å². The molecule has 0 amide bonds. The van der Waals surface area contributed by atoms with Crippen molar-refractivity contribution in [2.24, 2.45) is 0 Å². The lowest BCUT2D eigenvalue weighted by Gasteiger charge is -2.05. The summed E-state index contributed by atoms with van der Waals surface area (Å²) in [6.07, 6.45) is 7.94. The molecular formula is C13H24O2. The first kappa shape index (κ1) is 14.2. The first-order chi connectivity index (χ1) is 7.22. The lowest BCUT2D eigenvalue weighted by Crippen LogP contribution is -2.07. The van der Waals surface area contributed by atoms with Gasteiger partial charge in [-0.3, -0.25) is 0 Å². The summed E-state index contributed by atoms with van der Waals surface area (Å²) in [5, 5.41) is 0. The van der Waals surface area contributed by atoms with E-state index in [-0.39, 0.29) is 5.97 Å². The molecule has 0 unspecified atom stereocenters. The Morgan fingerprint density at radius 3 is 2.27 bits per heavy atom. The molecule has 0 saturated heterocycles. The average Bonchev–Trinajstić information content (AvgIpc) is 2.26. The van der Waals surface area contributed by atoms with E-state index >= 15 is 0 Å². The summed E-state index contributed by atoms with van der Waals surface area (Å²) in [4.78, 5) is 11.2. The Kier molecular flexibility index (Phi) is 9.24. The lowest BCUT2D eigenvalue weighted by molar-refractivity contribution is -0.139. The van der Waals surface area contributed by atoms with Crippen LogP contribution in [0.25, 0.3) is 0 Å². The van der Waals surface area contributed by atoms with Crippen LogP contribution in [0.5, 0.6) is 0 Å². The predicted octanol–water partition coefficient (Wildman–Crippen LogP) is 3.86. The van der Waals surface area contributed by atoms with Crippen molar-refractivity contribution in [1.82, 2.24) is 0 Å². The zero-order chi connectivity index (χ0) is 11.5. The summed E-state index contributed by atoms with van der Waals surface area (Å²) in [6.45, 7) is 8.30. The molecule has 0 aromatic carbocycles. The van der Waals surface area contributed by atoms with Crippen LogP contribution in [-0.2, 0) is 9.53 Å². The Hall–Kier alpha value is -0.790. The van der Waals surface area contributed by atoms with Crippen LogP contribution >= 0.6 is 0 Å². The van der Waals surface area contributed by atoms with Crippen LogP contribution in [0.1, 0.15) is 58.8 Å². The highest BCUT2D eigenvalue weighted by atomic mass is 16.5. The monoisotopic (exact) mass is 212 g/mol. The quantitative estimate of drug-likeness (QED) is 0.329. The van der Waals surface area contributed by atoms with Crippen molar-refractivity contribution in [3.63, 3.8) is 0 Å². The minimum atomic E-state index is -0.231. The number of esters is 1. The van der Waals surface area contributed by atoms with Gasteiger partial charge in [-0.25, -0.2) is 4.79 Å². The maximum Gasteiger partial charge on any atom is 0.333 e. The molecule has 0 N–H and O–H groups in total. The highest BCUT2D eigenvalue weighted by Gasteiger charge is 2.04. The van der Waals surface area contributed by atoms with E-state index in [1.807, 2.05) is 6.92 Å². The molecular weight excluding hydrogens is 188 g/mol. The molecule has 0 rings (SSSR count). The molecule has 0 heterocycles. The molecule has 0 aliphatic heterocycles. The van der Waals surface area contributed by atoms with Gasteiger partial charge in [0.1, 0.15) is 0 Å². The van der Waals surface area contributed by atoms with Crippen molar-refractivity contribution < 1.29 is 9.53 Å². The fraction of sp³-hybridized carbons (Fsp3) is 0.769. The molecule has 0 aliphatic rings. The Morgan fingerprint density at radius 2 is 1.67 bits per heavy atom. The second-order valence-corrected chi connectivity index (χ2v) is 3.86. The molecule has 0 spiro atoms. The normalized spacial score (nSPS) is 10.0. The maximum atomic E-state index is 11.2. The highest BCUT2D eigenvalue weighted by molar-refractivity contribution is 5.87. The van der Waals surface area contributed by atoms with Crippen molar-refractivity contribution in [3.05, 3.63) is 12.2 Å².